The van der Waals surface area contributed by atoms with E-state index in [0.717, 1.165) is 5.75 Å². The summed E-state index contributed by atoms with van der Waals surface area (Å²) in [5.74, 6) is 1.12. The summed E-state index contributed by atoms with van der Waals surface area (Å²) in [7, 11) is 0. The van der Waals surface area contributed by atoms with Gasteiger partial charge in [-0.2, -0.15) is 0 Å². The molecule has 0 unspecified atom stereocenters. The van der Waals surface area contributed by atoms with Gasteiger partial charge >= 0.3 is 0 Å². The minimum atomic E-state index is 1.12. The number of fused-ring (bicyclic) bond motifs is 2. The van der Waals surface area contributed by atoms with Gasteiger partial charge in [0.2, 0.25) is 0 Å². The fourth-order valence-corrected chi connectivity index (χ4v) is 2.72. The molecule has 1 aromatic rings. The van der Waals surface area contributed by atoms with Gasteiger partial charge in [0.1, 0.15) is 0 Å². The van der Waals surface area contributed by atoms with Gasteiger partial charge in [-0.1, -0.05) is 36.4 Å². The molecular weight excluding hydrogens is 188 g/mol. The summed E-state index contributed by atoms with van der Waals surface area (Å²) in [6, 6.07) is 8.52. The highest BCUT2D eigenvalue weighted by atomic mass is 32.2. The molecule has 1 heteroatoms. The Morgan fingerprint density at radius 1 is 1.00 bits per heavy atom. The first-order valence-corrected chi connectivity index (χ1v) is 5.74. The lowest BCUT2D eigenvalue weighted by molar-refractivity contribution is 1.52. The van der Waals surface area contributed by atoms with Gasteiger partial charge in [-0.15, -0.1) is 11.8 Å². The molecule has 1 heterocycles. The third kappa shape index (κ3) is 1.25. The van der Waals surface area contributed by atoms with Crippen LogP contribution in [-0.4, -0.2) is 5.75 Å². The quantitative estimate of drug-likeness (QED) is 0.613. The van der Waals surface area contributed by atoms with Crippen molar-refractivity contribution in [3.05, 3.63) is 57.3 Å². The maximum Gasteiger partial charge on any atom is 0.0170 e. The summed E-state index contributed by atoms with van der Waals surface area (Å²) in [5.41, 5.74) is 1.39. The highest BCUT2D eigenvalue weighted by Crippen LogP contribution is 2.32. The van der Waals surface area contributed by atoms with E-state index in [0.29, 0.717) is 0 Å². The Morgan fingerprint density at radius 2 is 1.86 bits per heavy atom. The first-order valence-electron chi connectivity index (χ1n) is 4.76. The minimum Gasteiger partial charge on any atom is -0.121 e. The normalized spacial score (nSPS) is 18.0. The Morgan fingerprint density at radius 3 is 2.79 bits per heavy atom. The zero-order valence-corrected chi connectivity index (χ0v) is 8.55. The van der Waals surface area contributed by atoms with Crippen molar-refractivity contribution in [3.63, 3.8) is 0 Å². The molecule has 0 bridgehead atoms. The van der Waals surface area contributed by atoms with Gasteiger partial charge in [0, 0.05) is 10.7 Å². The number of hydrogen-bond acceptors (Lipinski definition) is 1. The van der Waals surface area contributed by atoms with E-state index >= 15 is 0 Å². The second-order valence-corrected chi connectivity index (χ2v) is 4.50. The summed E-state index contributed by atoms with van der Waals surface area (Å²) in [6.07, 6.45) is 9.02. The van der Waals surface area contributed by atoms with Crippen LogP contribution in [0.5, 0.6) is 0 Å². The third-order valence-electron chi connectivity index (χ3n) is 2.55. The lowest BCUT2D eigenvalue weighted by Gasteiger charge is -1.94. The van der Waals surface area contributed by atoms with E-state index in [2.05, 4.69) is 48.6 Å². The number of thioether (sulfide) groups is 1. The van der Waals surface area contributed by atoms with Crippen molar-refractivity contribution < 1.29 is 0 Å². The van der Waals surface area contributed by atoms with E-state index in [1.165, 1.54) is 20.9 Å². The predicted molar refractivity (Wildman–Crippen MR) is 63.2 cm³/mol. The van der Waals surface area contributed by atoms with Crippen LogP contribution in [0.3, 0.4) is 0 Å². The lowest BCUT2D eigenvalue weighted by Crippen LogP contribution is -2.22. The first-order chi connectivity index (χ1) is 6.93. The molecule has 1 aliphatic carbocycles. The Hall–Kier alpha value is -1.21. The van der Waals surface area contributed by atoms with Gasteiger partial charge < -0.3 is 0 Å². The van der Waals surface area contributed by atoms with E-state index in [4.69, 9.17) is 0 Å². The van der Waals surface area contributed by atoms with Crippen LogP contribution in [-0.2, 0) is 0 Å². The van der Waals surface area contributed by atoms with Crippen molar-refractivity contribution in [2.45, 2.75) is 0 Å². The van der Waals surface area contributed by atoms with E-state index < -0.39 is 0 Å². The molecule has 0 spiro atoms. The van der Waals surface area contributed by atoms with Gasteiger partial charge in [-0.3, -0.25) is 0 Å². The van der Waals surface area contributed by atoms with Crippen LogP contribution >= 0.6 is 11.8 Å². The standard InChI is InChI=1S/C13H10S/c1-2-4-11-9-12-7-8-14-13(12)6-5-10(11)3-1/h1-7,9H,8H2. The molecular formula is C13H10S. The molecule has 1 aromatic carbocycles. The molecule has 0 saturated carbocycles. The van der Waals surface area contributed by atoms with E-state index in [9.17, 15) is 0 Å². The highest BCUT2D eigenvalue weighted by molar-refractivity contribution is 8.03. The number of benzene rings is 1. The maximum atomic E-state index is 2.30. The Bertz CT molecular complexity index is 547. The molecule has 0 amide bonds. The molecule has 2 aliphatic rings. The Labute approximate surface area is 87.3 Å². The van der Waals surface area contributed by atoms with Gasteiger partial charge in [0.25, 0.3) is 0 Å². The first kappa shape index (κ1) is 8.13. The summed E-state index contributed by atoms with van der Waals surface area (Å²) in [4.78, 5) is 1.40. The van der Waals surface area contributed by atoms with E-state index in [1.807, 2.05) is 11.8 Å². The molecule has 0 radical (unpaired) electrons. The van der Waals surface area contributed by atoms with Crippen LogP contribution in [0.1, 0.15) is 0 Å². The fraction of sp³-hybridized carbons (Fsp3) is 0.0769. The molecule has 1 aliphatic heterocycles. The maximum absolute atomic E-state index is 2.30. The summed E-state index contributed by atoms with van der Waals surface area (Å²) < 4.78 is 0. The molecule has 0 nitrogen and oxygen atoms in total. The zero-order chi connectivity index (χ0) is 9.38. The second kappa shape index (κ2) is 3.18. The van der Waals surface area contributed by atoms with Crippen LogP contribution < -0.4 is 10.4 Å². The average Bonchev–Trinajstić information content (AvgIpc) is 2.58. The molecule has 0 saturated heterocycles. The van der Waals surface area contributed by atoms with Gasteiger partial charge in [-0.05, 0) is 28.2 Å². The minimum absolute atomic E-state index is 1.12. The smallest absolute Gasteiger partial charge is 0.0170 e. The summed E-state index contributed by atoms with van der Waals surface area (Å²) in [5, 5.41) is 2.64. The Kier molecular flexibility index (Phi) is 1.84. The highest BCUT2D eigenvalue weighted by Gasteiger charge is 2.09. The molecule has 68 valence electrons. The monoisotopic (exact) mass is 198 g/mol. The third-order valence-corrected chi connectivity index (χ3v) is 3.56. The number of allylic oxidation sites excluding steroid dienone is 2. The van der Waals surface area contributed by atoms with Gasteiger partial charge in [0.15, 0.2) is 0 Å². The van der Waals surface area contributed by atoms with Crippen LogP contribution in [0.2, 0.25) is 0 Å². The van der Waals surface area contributed by atoms with Crippen molar-refractivity contribution in [2.24, 2.45) is 0 Å². The molecule has 0 atom stereocenters. The SMILES string of the molecule is C1=C2C=c3ccccc3=CC=C2SC1. The summed E-state index contributed by atoms with van der Waals surface area (Å²) >= 11 is 1.92. The number of rotatable bonds is 0. The van der Waals surface area contributed by atoms with Crippen molar-refractivity contribution in [1.82, 2.24) is 0 Å². The predicted octanol–water partition coefficient (Wildman–Crippen LogP) is 1.82. The van der Waals surface area contributed by atoms with Crippen LogP contribution in [0.25, 0.3) is 12.2 Å². The van der Waals surface area contributed by atoms with Crippen molar-refractivity contribution in [3.8, 4) is 0 Å². The molecule has 0 N–H and O–H groups in total. The summed E-state index contributed by atoms with van der Waals surface area (Å²) in [6.45, 7) is 0. The average molecular weight is 198 g/mol. The molecule has 0 aromatic heterocycles. The lowest BCUT2D eigenvalue weighted by atomic mass is 10.2. The molecule has 0 fully saturated rings. The van der Waals surface area contributed by atoms with Gasteiger partial charge in [-0.25, -0.2) is 0 Å². The zero-order valence-electron chi connectivity index (χ0n) is 7.73. The Balaban J connectivity index is 2.35. The second-order valence-electron chi connectivity index (χ2n) is 3.44. The van der Waals surface area contributed by atoms with Crippen LogP contribution in [0, 0.1) is 0 Å². The molecule has 3 rings (SSSR count). The van der Waals surface area contributed by atoms with Crippen LogP contribution in [0.15, 0.2) is 46.9 Å². The fourth-order valence-electron chi connectivity index (χ4n) is 1.81. The van der Waals surface area contributed by atoms with Crippen molar-refractivity contribution in [1.29, 1.82) is 0 Å². The van der Waals surface area contributed by atoms with Crippen molar-refractivity contribution in [2.75, 3.05) is 5.75 Å². The van der Waals surface area contributed by atoms with E-state index in [1.54, 1.807) is 0 Å². The van der Waals surface area contributed by atoms with E-state index in [-0.39, 0.29) is 0 Å². The van der Waals surface area contributed by atoms with Crippen LogP contribution in [0.4, 0.5) is 0 Å². The molecule has 14 heavy (non-hydrogen) atoms. The van der Waals surface area contributed by atoms with Crippen molar-refractivity contribution >= 4 is 23.9 Å². The topological polar surface area (TPSA) is 0 Å². The van der Waals surface area contributed by atoms with Gasteiger partial charge in [0.05, 0.1) is 0 Å². The largest absolute Gasteiger partial charge is 0.121 e. The number of hydrogen-bond donors (Lipinski definition) is 0.